The number of carbonyl (C=O) groups is 2. The fourth-order valence-electron chi connectivity index (χ4n) is 5.03. The SMILES string of the molecule is C=Cc1cnc(C(=O)Nc2cccc(-c3cccc(NC(=O)c4nc5c(n4C)CCN(C)C5)c3Cl)c2C)cc1OC. The summed E-state index contributed by atoms with van der Waals surface area (Å²) in [5.41, 5.74) is 6.32. The number of anilines is 2. The fraction of sp³-hybridized carbons (Fsp3) is 0.226. The molecule has 0 fully saturated rings. The van der Waals surface area contributed by atoms with Crippen LogP contribution in [-0.4, -0.2) is 52.0 Å². The van der Waals surface area contributed by atoms with Gasteiger partial charge >= 0.3 is 0 Å². The van der Waals surface area contributed by atoms with Gasteiger partial charge in [-0.2, -0.15) is 0 Å². The van der Waals surface area contributed by atoms with E-state index in [4.69, 9.17) is 16.3 Å². The second kappa shape index (κ2) is 11.6. The van der Waals surface area contributed by atoms with Gasteiger partial charge in [0.15, 0.2) is 5.82 Å². The van der Waals surface area contributed by atoms with Crippen molar-refractivity contribution < 1.29 is 14.3 Å². The molecule has 2 amide bonds. The predicted molar refractivity (Wildman–Crippen MR) is 162 cm³/mol. The molecule has 0 atom stereocenters. The highest BCUT2D eigenvalue weighted by Gasteiger charge is 2.25. The van der Waals surface area contributed by atoms with E-state index in [2.05, 4.69) is 32.1 Å². The lowest BCUT2D eigenvalue weighted by molar-refractivity contribution is 0.100. The summed E-state index contributed by atoms with van der Waals surface area (Å²) in [4.78, 5) is 37.3. The van der Waals surface area contributed by atoms with Crippen molar-refractivity contribution in [2.45, 2.75) is 19.9 Å². The number of methoxy groups -OCH3 is 1. The first kappa shape index (κ1) is 28.1. The minimum Gasteiger partial charge on any atom is -0.496 e. The number of rotatable bonds is 7. The topological polar surface area (TPSA) is 101 Å². The Labute approximate surface area is 243 Å². The highest BCUT2D eigenvalue weighted by Crippen LogP contribution is 2.37. The number of carbonyl (C=O) groups excluding carboxylic acids is 2. The molecule has 2 aromatic carbocycles. The van der Waals surface area contributed by atoms with Gasteiger partial charge in [-0.3, -0.25) is 14.6 Å². The number of hydrogen-bond acceptors (Lipinski definition) is 6. The zero-order chi connectivity index (χ0) is 29.3. The summed E-state index contributed by atoms with van der Waals surface area (Å²) in [6, 6.07) is 12.6. The van der Waals surface area contributed by atoms with Gasteiger partial charge in [-0.05, 0) is 37.2 Å². The van der Waals surface area contributed by atoms with E-state index in [9.17, 15) is 9.59 Å². The first-order valence-electron chi connectivity index (χ1n) is 13.1. The number of pyridine rings is 1. The Morgan fingerprint density at radius 2 is 1.78 bits per heavy atom. The normalized spacial score (nSPS) is 12.9. The van der Waals surface area contributed by atoms with E-state index in [1.807, 2.05) is 55.9 Å². The Kier molecular flexibility index (Phi) is 7.92. The maximum absolute atomic E-state index is 13.3. The van der Waals surface area contributed by atoms with Crippen LogP contribution in [0.25, 0.3) is 17.2 Å². The van der Waals surface area contributed by atoms with Gasteiger partial charge in [-0.25, -0.2) is 4.98 Å². The number of benzene rings is 2. The number of aromatic nitrogens is 3. The molecule has 2 N–H and O–H groups in total. The third-order valence-electron chi connectivity index (χ3n) is 7.34. The first-order chi connectivity index (χ1) is 19.7. The number of hydrogen-bond donors (Lipinski definition) is 2. The lowest BCUT2D eigenvalue weighted by Gasteiger charge is -2.21. The minimum absolute atomic E-state index is 0.211. The zero-order valence-electron chi connectivity index (χ0n) is 23.4. The van der Waals surface area contributed by atoms with E-state index in [1.165, 1.54) is 7.11 Å². The molecule has 0 radical (unpaired) electrons. The van der Waals surface area contributed by atoms with Crippen LogP contribution in [0.4, 0.5) is 11.4 Å². The Morgan fingerprint density at radius 1 is 1.07 bits per heavy atom. The molecule has 0 saturated carbocycles. The minimum atomic E-state index is -0.379. The van der Waals surface area contributed by atoms with E-state index in [0.29, 0.717) is 45.6 Å². The second-order valence-corrected chi connectivity index (χ2v) is 10.3. The zero-order valence-corrected chi connectivity index (χ0v) is 24.2. The predicted octanol–water partition coefficient (Wildman–Crippen LogP) is 5.59. The third-order valence-corrected chi connectivity index (χ3v) is 7.74. The Hall–Kier alpha value is -4.47. The van der Waals surface area contributed by atoms with E-state index >= 15 is 0 Å². The maximum Gasteiger partial charge on any atom is 0.291 e. The first-order valence-corrected chi connectivity index (χ1v) is 13.5. The average molecular weight is 571 g/mol. The highest BCUT2D eigenvalue weighted by molar-refractivity contribution is 6.36. The molecule has 1 aliphatic heterocycles. The van der Waals surface area contributed by atoms with Crippen LogP contribution in [0.3, 0.4) is 0 Å². The van der Waals surface area contributed by atoms with E-state index in [1.54, 1.807) is 24.4 Å². The van der Waals surface area contributed by atoms with Crippen molar-refractivity contribution in [3.8, 4) is 16.9 Å². The second-order valence-electron chi connectivity index (χ2n) is 9.94. The molecule has 1 aliphatic rings. The van der Waals surface area contributed by atoms with Crippen LogP contribution in [0.15, 0.2) is 55.2 Å². The summed E-state index contributed by atoms with van der Waals surface area (Å²) >= 11 is 6.85. The van der Waals surface area contributed by atoms with E-state index in [0.717, 1.165) is 35.5 Å². The summed E-state index contributed by atoms with van der Waals surface area (Å²) in [7, 11) is 5.44. The molecule has 0 aliphatic carbocycles. The molecular formula is C31H31ClN6O3. The summed E-state index contributed by atoms with van der Waals surface area (Å²) < 4.78 is 7.21. The Bertz CT molecular complexity index is 1680. The van der Waals surface area contributed by atoms with Gasteiger partial charge in [0.05, 0.1) is 23.5 Å². The Balaban J connectivity index is 1.40. The summed E-state index contributed by atoms with van der Waals surface area (Å²) in [5.74, 6) is 0.148. The van der Waals surface area contributed by atoms with Gasteiger partial charge in [0, 0.05) is 61.3 Å². The molecule has 4 aromatic rings. The van der Waals surface area contributed by atoms with Crippen LogP contribution in [-0.2, 0) is 20.0 Å². The highest BCUT2D eigenvalue weighted by atomic mass is 35.5. The van der Waals surface area contributed by atoms with E-state index < -0.39 is 0 Å². The monoisotopic (exact) mass is 570 g/mol. The van der Waals surface area contributed by atoms with Crippen LogP contribution in [0, 0.1) is 6.92 Å². The number of nitrogens with zero attached hydrogens (tertiary/aromatic N) is 4. The van der Waals surface area contributed by atoms with Crippen molar-refractivity contribution in [2.75, 3.05) is 31.3 Å². The third kappa shape index (κ3) is 5.46. The number of likely N-dealkylation sites (N-methyl/N-ethyl adjacent to an activating group) is 1. The fourth-order valence-corrected chi connectivity index (χ4v) is 5.30. The van der Waals surface area contributed by atoms with Gasteiger partial charge in [-0.1, -0.05) is 48.5 Å². The van der Waals surface area contributed by atoms with Crippen molar-refractivity contribution in [2.24, 2.45) is 7.05 Å². The molecule has 9 nitrogen and oxygen atoms in total. The number of halogens is 1. The van der Waals surface area contributed by atoms with Gasteiger partial charge in [0.2, 0.25) is 0 Å². The molecule has 0 bridgehead atoms. The number of ether oxygens (including phenoxy) is 1. The van der Waals surface area contributed by atoms with Crippen molar-refractivity contribution >= 4 is 40.9 Å². The lowest BCUT2D eigenvalue weighted by Crippen LogP contribution is -2.27. The van der Waals surface area contributed by atoms with Crippen LogP contribution >= 0.6 is 11.6 Å². The molecule has 0 saturated heterocycles. The van der Waals surface area contributed by atoms with Crippen molar-refractivity contribution in [3.05, 3.63) is 94.3 Å². The van der Waals surface area contributed by atoms with E-state index in [-0.39, 0.29) is 17.5 Å². The van der Waals surface area contributed by atoms with Crippen molar-refractivity contribution in [1.82, 2.24) is 19.4 Å². The number of imidazole rings is 1. The number of nitrogens with one attached hydrogen (secondary N) is 2. The largest absolute Gasteiger partial charge is 0.496 e. The molecule has 41 heavy (non-hydrogen) atoms. The smallest absolute Gasteiger partial charge is 0.291 e. The molecule has 210 valence electrons. The van der Waals surface area contributed by atoms with Crippen LogP contribution in [0.2, 0.25) is 5.02 Å². The molecule has 0 unspecified atom stereocenters. The molecule has 5 rings (SSSR count). The quantitative estimate of drug-likeness (QED) is 0.300. The Morgan fingerprint density at radius 3 is 2.51 bits per heavy atom. The summed E-state index contributed by atoms with van der Waals surface area (Å²) in [5, 5.41) is 6.26. The van der Waals surface area contributed by atoms with Gasteiger partial charge in [0.25, 0.3) is 11.8 Å². The van der Waals surface area contributed by atoms with Crippen LogP contribution in [0.5, 0.6) is 5.75 Å². The molecule has 0 spiro atoms. The van der Waals surface area contributed by atoms with Crippen molar-refractivity contribution in [3.63, 3.8) is 0 Å². The van der Waals surface area contributed by atoms with Gasteiger partial charge < -0.3 is 24.8 Å². The maximum atomic E-state index is 13.3. The van der Waals surface area contributed by atoms with Crippen LogP contribution < -0.4 is 15.4 Å². The van der Waals surface area contributed by atoms with Gasteiger partial charge in [0.1, 0.15) is 11.4 Å². The lowest BCUT2D eigenvalue weighted by atomic mass is 9.98. The number of amides is 2. The average Bonchev–Trinajstić information content (AvgIpc) is 3.30. The molecule has 3 heterocycles. The standard InChI is InChI=1S/C31H31ClN6O3/c1-6-19-16-33-24(15-27(19)41-5)30(39)35-22-11-7-9-20(18(22)2)21-10-8-12-23(28(21)32)36-31(40)29-34-25-17-37(3)14-13-26(25)38(29)4/h6-12,15-16H,1,13-14,17H2,2-5H3,(H,35,39)(H,36,40). The summed E-state index contributed by atoms with van der Waals surface area (Å²) in [6.07, 6.45) is 4.00. The van der Waals surface area contributed by atoms with Gasteiger partial charge in [-0.15, -0.1) is 0 Å². The number of fused-ring (bicyclic) bond motifs is 1. The molecule has 2 aromatic heterocycles. The molecular weight excluding hydrogens is 540 g/mol. The molecule has 10 heteroatoms. The van der Waals surface area contributed by atoms with Crippen molar-refractivity contribution in [1.29, 1.82) is 0 Å². The van der Waals surface area contributed by atoms with Crippen LogP contribution in [0.1, 0.15) is 43.6 Å². The summed E-state index contributed by atoms with van der Waals surface area (Å²) in [6.45, 7) is 7.27.